The Hall–Kier alpha value is -3.91. The minimum Gasteiger partial charge on any atom is -0.496 e. The van der Waals surface area contributed by atoms with E-state index in [9.17, 15) is 14.9 Å². The second-order valence-corrected chi connectivity index (χ2v) is 7.70. The zero-order valence-corrected chi connectivity index (χ0v) is 18.3. The van der Waals surface area contributed by atoms with Crippen LogP contribution in [0, 0.1) is 10.1 Å². The fourth-order valence-corrected chi connectivity index (χ4v) is 3.91. The average molecular weight is 447 g/mol. The van der Waals surface area contributed by atoms with E-state index in [1.165, 1.54) is 12.1 Å². The number of non-ortho nitro benzene ring substituents is 1. The molecule has 0 atom stereocenters. The lowest BCUT2D eigenvalue weighted by atomic mass is 10.0. The third-order valence-corrected chi connectivity index (χ3v) is 5.56. The Bertz CT molecular complexity index is 1140. The molecule has 1 amide bonds. The summed E-state index contributed by atoms with van der Waals surface area (Å²) in [6, 6.07) is 19.8. The molecular formula is C25H25N3O5. The van der Waals surface area contributed by atoms with Crippen LogP contribution >= 0.6 is 0 Å². The third kappa shape index (κ3) is 5.30. The van der Waals surface area contributed by atoms with E-state index in [0.29, 0.717) is 44.1 Å². The van der Waals surface area contributed by atoms with Crippen molar-refractivity contribution in [2.24, 2.45) is 0 Å². The molecule has 1 aliphatic heterocycles. The predicted octanol–water partition coefficient (Wildman–Crippen LogP) is 4.28. The maximum atomic E-state index is 13.3. The molecule has 0 radical (unpaired) electrons. The summed E-state index contributed by atoms with van der Waals surface area (Å²) in [5.74, 6) is 0.317. The van der Waals surface area contributed by atoms with Crippen LogP contribution in [0.2, 0.25) is 0 Å². The van der Waals surface area contributed by atoms with Gasteiger partial charge in [0, 0.05) is 42.9 Å². The van der Waals surface area contributed by atoms with Gasteiger partial charge in [0.2, 0.25) is 0 Å². The largest absolute Gasteiger partial charge is 0.496 e. The van der Waals surface area contributed by atoms with E-state index < -0.39 is 10.8 Å². The number of anilines is 2. The number of nitro groups is 1. The number of nitrogens with one attached hydrogen (secondary N) is 1. The van der Waals surface area contributed by atoms with Crippen LogP contribution in [0.1, 0.15) is 21.5 Å². The first-order valence-corrected chi connectivity index (χ1v) is 10.7. The predicted molar refractivity (Wildman–Crippen MR) is 126 cm³/mol. The van der Waals surface area contributed by atoms with E-state index in [0.717, 1.165) is 16.9 Å². The molecule has 1 saturated heterocycles. The molecule has 0 bridgehead atoms. The first-order valence-electron chi connectivity index (χ1n) is 10.7. The lowest BCUT2D eigenvalue weighted by molar-refractivity contribution is -0.384. The summed E-state index contributed by atoms with van der Waals surface area (Å²) in [6.07, 6.45) is 0.642. The second-order valence-electron chi connectivity index (χ2n) is 7.70. The standard InChI is InChI=1S/C25H25N3O5/c1-32-24-10-7-20(16-19(24)15-18-5-3-2-4-6-18)26-25(29)22-17-21(28(30)31)8-9-23(22)27-11-13-33-14-12-27/h2-10,16-17H,11-15H2,1H3,(H,26,29). The smallest absolute Gasteiger partial charge is 0.270 e. The van der Waals surface area contributed by atoms with Crippen LogP contribution in [0.5, 0.6) is 5.75 Å². The average Bonchev–Trinajstić information content (AvgIpc) is 2.85. The van der Waals surface area contributed by atoms with Crippen molar-refractivity contribution in [1.29, 1.82) is 0 Å². The Balaban J connectivity index is 1.63. The normalized spacial score (nSPS) is 13.4. The molecule has 8 heteroatoms. The molecule has 4 rings (SSSR count). The van der Waals surface area contributed by atoms with Gasteiger partial charge in [-0.3, -0.25) is 14.9 Å². The molecule has 33 heavy (non-hydrogen) atoms. The summed E-state index contributed by atoms with van der Waals surface area (Å²) >= 11 is 0. The van der Waals surface area contributed by atoms with Gasteiger partial charge in [-0.1, -0.05) is 30.3 Å². The molecule has 3 aromatic carbocycles. The van der Waals surface area contributed by atoms with E-state index in [4.69, 9.17) is 9.47 Å². The summed E-state index contributed by atoms with van der Waals surface area (Å²) in [5, 5.41) is 14.2. The van der Waals surface area contributed by atoms with Crippen molar-refractivity contribution in [1.82, 2.24) is 0 Å². The Morgan fingerprint density at radius 3 is 2.55 bits per heavy atom. The van der Waals surface area contributed by atoms with Gasteiger partial charge >= 0.3 is 0 Å². The number of methoxy groups -OCH3 is 1. The van der Waals surface area contributed by atoms with Gasteiger partial charge in [-0.15, -0.1) is 0 Å². The van der Waals surface area contributed by atoms with Crippen molar-refractivity contribution >= 4 is 23.0 Å². The number of nitrogens with zero attached hydrogens (tertiary/aromatic N) is 2. The third-order valence-electron chi connectivity index (χ3n) is 5.56. The number of carbonyl (C=O) groups is 1. The molecule has 170 valence electrons. The number of hydrogen-bond donors (Lipinski definition) is 1. The van der Waals surface area contributed by atoms with E-state index in [1.807, 2.05) is 47.4 Å². The van der Waals surface area contributed by atoms with E-state index in [-0.39, 0.29) is 11.3 Å². The van der Waals surface area contributed by atoms with Crippen molar-refractivity contribution in [2.75, 3.05) is 43.6 Å². The van der Waals surface area contributed by atoms with Gasteiger partial charge in [-0.25, -0.2) is 0 Å². The first-order chi connectivity index (χ1) is 16.0. The fourth-order valence-electron chi connectivity index (χ4n) is 3.91. The molecule has 1 heterocycles. The highest BCUT2D eigenvalue weighted by atomic mass is 16.6. The molecule has 0 spiro atoms. The van der Waals surface area contributed by atoms with Gasteiger partial charge < -0.3 is 19.7 Å². The van der Waals surface area contributed by atoms with Crippen molar-refractivity contribution < 1.29 is 19.2 Å². The molecule has 1 aliphatic rings. The van der Waals surface area contributed by atoms with Crippen LogP contribution in [0.15, 0.2) is 66.7 Å². The van der Waals surface area contributed by atoms with E-state index in [1.54, 1.807) is 19.2 Å². The SMILES string of the molecule is COc1ccc(NC(=O)c2cc([N+](=O)[O-])ccc2N2CCOCC2)cc1Cc1ccccc1. The zero-order chi connectivity index (χ0) is 23.2. The number of nitro benzene ring substituents is 1. The van der Waals surface area contributed by atoms with Crippen LogP contribution in [-0.2, 0) is 11.2 Å². The molecule has 0 aromatic heterocycles. The highest BCUT2D eigenvalue weighted by Crippen LogP contribution is 2.29. The van der Waals surface area contributed by atoms with E-state index >= 15 is 0 Å². The van der Waals surface area contributed by atoms with Gasteiger partial charge in [-0.05, 0) is 29.8 Å². The Morgan fingerprint density at radius 2 is 1.85 bits per heavy atom. The fraction of sp³-hybridized carbons (Fsp3) is 0.240. The lowest BCUT2D eigenvalue weighted by Crippen LogP contribution is -2.37. The summed E-state index contributed by atoms with van der Waals surface area (Å²) in [5.41, 5.74) is 3.41. The summed E-state index contributed by atoms with van der Waals surface area (Å²) < 4.78 is 10.9. The van der Waals surface area contributed by atoms with Crippen molar-refractivity contribution in [3.8, 4) is 5.75 Å². The molecular weight excluding hydrogens is 422 g/mol. The van der Waals surface area contributed by atoms with Crippen LogP contribution in [-0.4, -0.2) is 44.2 Å². The minimum absolute atomic E-state index is 0.128. The van der Waals surface area contributed by atoms with Gasteiger partial charge in [-0.2, -0.15) is 0 Å². The summed E-state index contributed by atoms with van der Waals surface area (Å²) in [4.78, 5) is 26.1. The Morgan fingerprint density at radius 1 is 1.09 bits per heavy atom. The molecule has 1 fully saturated rings. The molecule has 0 aliphatic carbocycles. The highest BCUT2D eigenvalue weighted by molar-refractivity contribution is 6.08. The number of carbonyl (C=O) groups excluding carboxylic acids is 1. The molecule has 1 N–H and O–H groups in total. The minimum atomic E-state index is -0.495. The maximum Gasteiger partial charge on any atom is 0.270 e. The number of rotatable bonds is 7. The molecule has 8 nitrogen and oxygen atoms in total. The van der Waals surface area contributed by atoms with Gasteiger partial charge in [0.05, 0.1) is 36.5 Å². The van der Waals surface area contributed by atoms with Crippen molar-refractivity contribution in [2.45, 2.75) is 6.42 Å². The van der Waals surface area contributed by atoms with Gasteiger partial charge in [0.25, 0.3) is 11.6 Å². The highest BCUT2D eigenvalue weighted by Gasteiger charge is 2.22. The number of benzene rings is 3. The van der Waals surface area contributed by atoms with Crippen molar-refractivity contribution in [3.05, 3.63) is 93.5 Å². The molecule has 0 unspecified atom stereocenters. The number of ether oxygens (including phenoxy) is 2. The maximum absolute atomic E-state index is 13.3. The molecule has 0 saturated carbocycles. The van der Waals surface area contributed by atoms with Gasteiger partial charge in [0.15, 0.2) is 0 Å². The quantitative estimate of drug-likeness (QED) is 0.429. The number of amides is 1. The monoisotopic (exact) mass is 447 g/mol. The summed E-state index contributed by atoms with van der Waals surface area (Å²) in [6.45, 7) is 2.31. The van der Waals surface area contributed by atoms with Crippen LogP contribution in [0.3, 0.4) is 0 Å². The topological polar surface area (TPSA) is 93.9 Å². The van der Waals surface area contributed by atoms with Crippen LogP contribution < -0.4 is 15.0 Å². The van der Waals surface area contributed by atoms with Crippen LogP contribution in [0.25, 0.3) is 0 Å². The first kappa shape index (κ1) is 22.3. The number of hydrogen-bond acceptors (Lipinski definition) is 6. The Kier molecular flexibility index (Phi) is 6.85. The second kappa shape index (κ2) is 10.1. The summed E-state index contributed by atoms with van der Waals surface area (Å²) in [7, 11) is 1.61. The number of morpholine rings is 1. The van der Waals surface area contributed by atoms with Crippen molar-refractivity contribution in [3.63, 3.8) is 0 Å². The lowest BCUT2D eigenvalue weighted by Gasteiger charge is -2.30. The molecule has 3 aromatic rings. The van der Waals surface area contributed by atoms with Gasteiger partial charge in [0.1, 0.15) is 5.75 Å². The Labute approximate surface area is 191 Å². The van der Waals surface area contributed by atoms with E-state index in [2.05, 4.69) is 5.32 Å². The van der Waals surface area contributed by atoms with Crippen LogP contribution in [0.4, 0.5) is 17.1 Å². The zero-order valence-electron chi connectivity index (χ0n) is 18.3.